The first-order valence-corrected chi connectivity index (χ1v) is 7.34. The van der Waals surface area contributed by atoms with E-state index in [1.54, 1.807) is 4.90 Å². The molecular weight excluding hydrogens is 268 g/mol. The van der Waals surface area contributed by atoms with E-state index in [9.17, 15) is 9.59 Å². The Hall–Kier alpha value is -1.88. The van der Waals surface area contributed by atoms with Crippen molar-refractivity contribution in [2.45, 2.75) is 38.6 Å². The first-order chi connectivity index (χ1) is 9.97. The Morgan fingerprint density at radius 1 is 1.43 bits per heavy atom. The highest BCUT2D eigenvalue weighted by atomic mass is 16.4. The Kier molecular flexibility index (Phi) is 4.96. The molecule has 1 atom stereocenters. The molecule has 0 saturated carbocycles. The third-order valence-corrected chi connectivity index (χ3v) is 3.83. The van der Waals surface area contributed by atoms with Gasteiger partial charge in [0.05, 0.1) is 6.54 Å². The van der Waals surface area contributed by atoms with Gasteiger partial charge in [0, 0.05) is 5.69 Å². The van der Waals surface area contributed by atoms with Gasteiger partial charge in [0.2, 0.25) is 5.91 Å². The molecule has 2 N–H and O–H groups in total. The quantitative estimate of drug-likeness (QED) is 0.873. The van der Waals surface area contributed by atoms with E-state index in [-0.39, 0.29) is 12.5 Å². The number of nitrogens with one attached hydrogen (secondary N) is 1. The van der Waals surface area contributed by atoms with Gasteiger partial charge in [0.15, 0.2) is 0 Å². The molecule has 0 aliphatic carbocycles. The van der Waals surface area contributed by atoms with Crippen LogP contribution < -0.4 is 5.32 Å². The Balaban J connectivity index is 1.95. The molecule has 1 aliphatic heterocycles. The molecular formula is C16H22N2O3. The summed E-state index contributed by atoms with van der Waals surface area (Å²) in [6.07, 6.45) is 1.44. The average molecular weight is 290 g/mol. The Labute approximate surface area is 125 Å². The molecule has 1 aromatic carbocycles. The van der Waals surface area contributed by atoms with E-state index in [1.807, 2.05) is 24.3 Å². The standard InChI is InChI=1S/C16H22N2O3/c1-11(2)12-5-3-6-13(9-12)17-15(19)10-18-8-4-7-14(18)16(20)21/h3,5-6,9,11,14H,4,7-8,10H2,1-2H3,(H,17,19)(H,20,21). The minimum atomic E-state index is -0.845. The van der Waals surface area contributed by atoms with Gasteiger partial charge in [0.25, 0.3) is 0 Å². The van der Waals surface area contributed by atoms with Crippen molar-refractivity contribution in [1.82, 2.24) is 4.90 Å². The molecule has 1 unspecified atom stereocenters. The average Bonchev–Trinajstić information content (AvgIpc) is 2.87. The molecule has 5 heteroatoms. The van der Waals surface area contributed by atoms with Crippen molar-refractivity contribution in [3.8, 4) is 0 Å². The summed E-state index contributed by atoms with van der Waals surface area (Å²) in [6.45, 7) is 4.99. The van der Waals surface area contributed by atoms with Gasteiger partial charge in [-0.3, -0.25) is 14.5 Å². The SMILES string of the molecule is CC(C)c1cccc(NC(=O)CN2CCCC2C(=O)O)c1. The van der Waals surface area contributed by atoms with E-state index in [2.05, 4.69) is 19.2 Å². The molecule has 1 saturated heterocycles. The molecule has 114 valence electrons. The summed E-state index contributed by atoms with van der Waals surface area (Å²) >= 11 is 0. The van der Waals surface area contributed by atoms with Gasteiger partial charge in [-0.2, -0.15) is 0 Å². The highest BCUT2D eigenvalue weighted by Crippen LogP contribution is 2.20. The zero-order valence-electron chi connectivity index (χ0n) is 12.5. The fraction of sp³-hybridized carbons (Fsp3) is 0.500. The fourth-order valence-electron chi connectivity index (χ4n) is 2.66. The van der Waals surface area contributed by atoms with Crippen molar-refractivity contribution < 1.29 is 14.7 Å². The molecule has 1 heterocycles. The highest BCUT2D eigenvalue weighted by molar-refractivity contribution is 5.92. The van der Waals surface area contributed by atoms with Crippen LogP contribution >= 0.6 is 0 Å². The lowest BCUT2D eigenvalue weighted by Gasteiger charge is -2.20. The zero-order chi connectivity index (χ0) is 15.4. The Morgan fingerprint density at radius 2 is 2.19 bits per heavy atom. The summed E-state index contributed by atoms with van der Waals surface area (Å²) in [6, 6.07) is 7.23. The third kappa shape index (κ3) is 4.04. The van der Waals surface area contributed by atoms with Gasteiger partial charge in [-0.05, 0) is 43.0 Å². The summed E-state index contributed by atoms with van der Waals surface area (Å²) in [4.78, 5) is 24.9. The van der Waals surface area contributed by atoms with Crippen LogP contribution in [0.4, 0.5) is 5.69 Å². The number of carbonyl (C=O) groups is 2. The largest absolute Gasteiger partial charge is 0.480 e. The van der Waals surface area contributed by atoms with Crippen LogP contribution in [-0.2, 0) is 9.59 Å². The molecule has 0 radical (unpaired) electrons. The molecule has 1 amide bonds. The number of hydrogen-bond acceptors (Lipinski definition) is 3. The molecule has 0 spiro atoms. The molecule has 0 bridgehead atoms. The van der Waals surface area contributed by atoms with Crippen molar-refractivity contribution in [3.05, 3.63) is 29.8 Å². The van der Waals surface area contributed by atoms with Gasteiger partial charge in [-0.25, -0.2) is 0 Å². The smallest absolute Gasteiger partial charge is 0.320 e. The second kappa shape index (κ2) is 6.72. The van der Waals surface area contributed by atoms with Crippen molar-refractivity contribution in [2.75, 3.05) is 18.4 Å². The fourth-order valence-corrected chi connectivity index (χ4v) is 2.66. The maximum atomic E-state index is 12.1. The molecule has 1 aliphatic rings. The summed E-state index contributed by atoms with van der Waals surface area (Å²) < 4.78 is 0. The maximum absolute atomic E-state index is 12.1. The zero-order valence-corrected chi connectivity index (χ0v) is 12.5. The van der Waals surface area contributed by atoms with Gasteiger partial charge in [-0.1, -0.05) is 26.0 Å². The second-order valence-corrected chi connectivity index (χ2v) is 5.80. The first-order valence-electron chi connectivity index (χ1n) is 7.34. The predicted molar refractivity (Wildman–Crippen MR) is 81.4 cm³/mol. The molecule has 21 heavy (non-hydrogen) atoms. The van der Waals surface area contributed by atoms with Crippen LogP contribution in [0.2, 0.25) is 0 Å². The Morgan fingerprint density at radius 3 is 2.86 bits per heavy atom. The van der Waals surface area contributed by atoms with Crippen LogP contribution in [0.25, 0.3) is 0 Å². The number of carboxylic acid groups (broad SMARTS) is 1. The van der Waals surface area contributed by atoms with Crippen LogP contribution in [0.15, 0.2) is 24.3 Å². The van der Waals surface area contributed by atoms with Crippen molar-refractivity contribution >= 4 is 17.6 Å². The topological polar surface area (TPSA) is 69.6 Å². The number of carbonyl (C=O) groups excluding carboxylic acids is 1. The number of amides is 1. The summed E-state index contributed by atoms with van der Waals surface area (Å²) in [5, 5.41) is 12.0. The summed E-state index contributed by atoms with van der Waals surface area (Å²) in [5.41, 5.74) is 1.93. The molecule has 1 aromatic rings. The maximum Gasteiger partial charge on any atom is 0.320 e. The lowest BCUT2D eigenvalue weighted by molar-refractivity contribution is -0.142. The van der Waals surface area contributed by atoms with Gasteiger partial charge < -0.3 is 10.4 Å². The molecule has 2 rings (SSSR count). The molecule has 1 fully saturated rings. The van der Waals surface area contributed by atoms with Gasteiger partial charge in [-0.15, -0.1) is 0 Å². The van der Waals surface area contributed by atoms with Crippen LogP contribution in [0.5, 0.6) is 0 Å². The molecule has 0 aromatic heterocycles. The third-order valence-electron chi connectivity index (χ3n) is 3.83. The van der Waals surface area contributed by atoms with Crippen LogP contribution in [0.1, 0.15) is 38.2 Å². The van der Waals surface area contributed by atoms with Crippen molar-refractivity contribution in [2.24, 2.45) is 0 Å². The van der Waals surface area contributed by atoms with Crippen molar-refractivity contribution in [3.63, 3.8) is 0 Å². The van der Waals surface area contributed by atoms with E-state index in [0.717, 1.165) is 17.7 Å². The molecule has 5 nitrogen and oxygen atoms in total. The normalized spacial score (nSPS) is 18.9. The van der Waals surface area contributed by atoms with Gasteiger partial charge in [0.1, 0.15) is 6.04 Å². The van der Waals surface area contributed by atoms with E-state index in [0.29, 0.717) is 18.9 Å². The van der Waals surface area contributed by atoms with E-state index in [4.69, 9.17) is 5.11 Å². The predicted octanol–water partition coefficient (Wildman–Crippen LogP) is 2.30. The summed E-state index contributed by atoms with van der Waals surface area (Å²) in [5.74, 6) is -0.608. The van der Waals surface area contributed by atoms with E-state index in [1.165, 1.54) is 0 Å². The monoisotopic (exact) mass is 290 g/mol. The number of aliphatic carboxylic acids is 1. The lowest BCUT2D eigenvalue weighted by Crippen LogP contribution is -2.40. The lowest BCUT2D eigenvalue weighted by atomic mass is 10.0. The van der Waals surface area contributed by atoms with Crippen LogP contribution in [-0.4, -0.2) is 41.0 Å². The number of rotatable bonds is 5. The van der Waals surface area contributed by atoms with Crippen LogP contribution in [0.3, 0.4) is 0 Å². The van der Waals surface area contributed by atoms with Crippen molar-refractivity contribution in [1.29, 1.82) is 0 Å². The van der Waals surface area contributed by atoms with Crippen LogP contribution in [0, 0.1) is 0 Å². The minimum absolute atomic E-state index is 0.128. The Bertz CT molecular complexity index is 528. The first kappa shape index (κ1) is 15.5. The van der Waals surface area contributed by atoms with E-state index >= 15 is 0 Å². The number of benzene rings is 1. The minimum Gasteiger partial charge on any atom is -0.480 e. The summed E-state index contributed by atoms with van der Waals surface area (Å²) in [7, 11) is 0. The number of anilines is 1. The number of nitrogens with zero attached hydrogens (tertiary/aromatic N) is 1. The van der Waals surface area contributed by atoms with Gasteiger partial charge >= 0.3 is 5.97 Å². The highest BCUT2D eigenvalue weighted by Gasteiger charge is 2.31. The number of likely N-dealkylation sites (tertiary alicyclic amines) is 1. The van der Waals surface area contributed by atoms with E-state index < -0.39 is 12.0 Å². The second-order valence-electron chi connectivity index (χ2n) is 5.80. The number of carboxylic acids is 1. The number of hydrogen-bond donors (Lipinski definition) is 2.